The smallest absolute Gasteiger partial charge is 0.338 e. The lowest BCUT2D eigenvalue weighted by Crippen LogP contribution is -2.32. The number of azo groups is 2. The number of carboxylic acids is 2. The zero-order valence-corrected chi connectivity index (χ0v) is 34.9. The number of anilines is 4. The lowest BCUT2D eigenvalue weighted by Gasteiger charge is -2.14. The molecule has 0 aliphatic heterocycles. The van der Waals surface area contributed by atoms with E-state index in [4.69, 9.17) is 9.47 Å². The Morgan fingerprint density at radius 3 is 1.20 bits per heavy atom. The van der Waals surface area contributed by atoms with Crippen LogP contribution >= 0.6 is 0 Å². The Morgan fingerprint density at radius 1 is 0.547 bits per heavy atom. The normalized spacial score (nSPS) is 12.5. The van der Waals surface area contributed by atoms with Gasteiger partial charge in [0, 0.05) is 11.4 Å². The Hall–Kier alpha value is -8.01. The summed E-state index contributed by atoms with van der Waals surface area (Å²) in [4.78, 5) is 86.8. The Morgan fingerprint density at radius 2 is 0.906 bits per heavy atom. The van der Waals surface area contributed by atoms with Gasteiger partial charge in [0.2, 0.25) is 12.1 Å². The summed E-state index contributed by atoms with van der Waals surface area (Å²) in [5.74, 6) is -7.28. The summed E-state index contributed by atoms with van der Waals surface area (Å²) >= 11 is 0. The van der Waals surface area contributed by atoms with Gasteiger partial charge >= 0.3 is 18.0 Å². The van der Waals surface area contributed by atoms with E-state index in [1.54, 1.807) is 0 Å². The third-order valence-electron chi connectivity index (χ3n) is 8.25. The van der Waals surface area contributed by atoms with Crippen molar-refractivity contribution in [3.05, 3.63) is 83.9 Å². The van der Waals surface area contributed by atoms with Crippen molar-refractivity contribution in [2.24, 2.45) is 20.5 Å². The van der Waals surface area contributed by atoms with Gasteiger partial charge in [0.15, 0.2) is 11.6 Å². The summed E-state index contributed by atoms with van der Waals surface area (Å²) in [5, 5.41) is 43.7. The molecule has 8 N–H and O–H groups in total. The molecule has 25 nitrogen and oxygen atoms in total. The molecular formula is C37H34N8O17S2. The topological polar surface area (TPSA) is 385 Å². The van der Waals surface area contributed by atoms with Crippen LogP contribution in [0.15, 0.2) is 103 Å². The minimum Gasteiger partial charge on any atom is -0.495 e. The van der Waals surface area contributed by atoms with E-state index >= 15 is 0 Å². The first-order chi connectivity index (χ1) is 29.9. The summed E-state index contributed by atoms with van der Waals surface area (Å²) < 4.78 is 75.3. The number of hydrogen-bond acceptors (Lipinski definition) is 17. The molecule has 2 atom stereocenters. The molecule has 0 saturated carbocycles. The Balaban J connectivity index is 1.50. The lowest BCUT2D eigenvalue weighted by atomic mass is 10.1. The second kappa shape index (κ2) is 20.2. The van der Waals surface area contributed by atoms with Gasteiger partial charge in [-0.1, -0.05) is 0 Å². The van der Waals surface area contributed by atoms with Crippen LogP contribution in [0.1, 0.15) is 34.6 Å². The molecule has 4 amide bonds. The van der Waals surface area contributed by atoms with Gasteiger partial charge in [0.05, 0.1) is 57.9 Å². The number of urea groups is 1. The van der Waals surface area contributed by atoms with Gasteiger partial charge in [-0.05, 0) is 86.6 Å². The third kappa shape index (κ3) is 12.5. The summed E-state index contributed by atoms with van der Waals surface area (Å²) in [6.07, 6.45) is 0. The van der Waals surface area contributed by atoms with Crippen molar-refractivity contribution < 1.29 is 79.2 Å². The number of ketones is 2. The molecule has 0 aliphatic carbocycles. The molecule has 0 saturated heterocycles. The number of carboxylic acid groups (broad SMARTS) is 2. The number of methoxy groups -OCH3 is 2. The van der Waals surface area contributed by atoms with Crippen molar-refractivity contribution in [2.45, 2.75) is 35.7 Å². The minimum absolute atomic E-state index is 0.0551. The van der Waals surface area contributed by atoms with Crippen LogP contribution in [0.25, 0.3) is 0 Å². The van der Waals surface area contributed by atoms with Crippen LogP contribution in [0.5, 0.6) is 11.5 Å². The van der Waals surface area contributed by atoms with Crippen molar-refractivity contribution in [2.75, 3.05) is 35.5 Å². The van der Waals surface area contributed by atoms with E-state index in [-0.39, 0.29) is 45.6 Å². The fourth-order valence-corrected chi connectivity index (χ4v) is 6.22. The highest BCUT2D eigenvalue weighted by Gasteiger charge is 2.27. The Bertz CT molecular complexity index is 2680. The maximum Gasteiger partial charge on any atom is 0.338 e. The van der Waals surface area contributed by atoms with E-state index in [9.17, 15) is 69.7 Å². The number of rotatable bonds is 18. The molecule has 4 rings (SSSR count). The number of ether oxygens (including phenoxy) is 2. The Kier molecular flexibility index (Phi) is 15.4. The molecule has 2 unspecified atom stereocenters. The van der Waals surface area contributed by atoms with Gasteiger partial charge in [-0.15, -0.1) is 0 Å². The maximum absolute atomic E-state index is 13.0. The minimum atomic E-state index is -4.70. The van der Waals surface area contributed by atoms with Crippen LogP contribution in [0.2, 0.25) is 0 Å². The van der Waals surface area contributed by atoms with E-state index in [2.05, 4.69) is 41.7 Å². The maximum atomic E-state index is 13.0. The molecule has 0 fully saturated rings. The molecule has 64 heavy (non-hydrogen) atoms. The molecule has 27 heteroatoms. The number of hydrogen-bond donors (Lipinski definition) is 8. The first kappa shape index (κ1) is 48.7. The van der Waals surface area contributed by atoms with Gasteiger partial charge in [-0.25, -0.2) is 14.4 Å². The average Bonchev–Trinajstić information content (AvgIpc) is 3.20. The van der Waals surface area contributed by atoms with E-state index < -0.39 is 94.6 Å². The predicted octanol–water partition coefficient (Wildman–Crippen LogP) is 4.60. The molecule has 336 valence electrons. The molecule has 0 spiro atoms. The second-order valence-corrected chi connectivity index (χ2v) is 15.6. The van der Waals surface area contributed by atoms with Crippen LogP contribution in [-0.2, 0) is 39.4 Å². The zero-order valence-electron chi connectivity index (χ0n) is 33.3. The largest absolute Gasteiger partial charge is 0.495 e. The number of nitrogens with zero attached hydrogens (tertiary/aromatic N) is 4. The van der Waals surface area contributed by atoms with Gasteiger partial charge in [0.25, 0.3) is 32.1 Å². The van der Waals surface area contributed by atoms with Crippen molar-refractivity contribution in [3.63, 3.8) is 0 Å². The fraction of sp³-hybridized carbons (Fsp3) is 0.162. The van der Waals surface area contributed by atoms with Gasteiger partial charge in [-0.2, -0.15) is 37.3 Å². The summed E-state index contributed by atoms with van der Waals surface area (Å²) in [7, 11) is -7.01. The SMILES string of the molecule is COc1ccc(S(=O)(=O)O)cc1NC(=O)C(N=Nc1ccc(NC(=O)Nc2ccc(N=NC(C(C)=O)C(=O)Nc3cc(S(=O)(=O)O)ccc3OC)c(C(=O)O)c2)cc1C(=O)O)C(C)=O. The highest BCUT2D eigenvalue weighted by Crippen LogP contribution is 2.31. The van der Waals surface area contributed by atoms with Crippen molar-refractivity contribution >= 4 is 95.7 Å². The first-order valence-corrected chi connectivity index (χ1v) is 20.4. The molecule has 0 bridgehead atoms. The number of amides is 4. The monoisotopic (exact) mass is 926 g/mol. The number of carbonyl (C=O) groups is 7. The molecule has 0 heterocycles. The number of Topliss-reactive ketones (excluding diaryl/α,β-unsaturated/α-hetero) is 2. The van der Waals surface area contributed by atoms with E-state index in [0.29, 0.717) is 0 Å². The Labute approximate surface area is 361 Å². The summed E-state index contributed by atoms with van der Waals surface area (Å²) in [6, 6.07) is 7.52. The number of aromatic carboxylic acids is 2. The molecule has 0 radical (unpaired) electrons. The summed E-state index contributed by atoms with van der Waals surface area (Å²) in [6.45, 7) is 1.95. The number of nitrogens with one attached hydrogen (secondary N) is 4. The zero-order chi connectivity index (χ0) is 47.7. The van der Waals surface area contributed by atoms with E-state index in [1.165, 1.54) is 26.4 Å². The fourth-order valence-electron chi connectivity index (χ4n) is 5.21. The van der Waals surface area contributed by atoms with Crippen LogP contribution < -0.4 is 30.7 Å². The van der Waals surface area contributed by atoms with Crippen molar-refractivity contribution in [1.82, 2.24) is 0 Å². The van der Waals surface area contributed by atoms with Crippen molar-refractivity contribution in [1.29, 1.82) is 0 Å². The molecule has 0 aliphatic rings. The lowest BCUT2D eigenvalue weighted by molar-refractivity contribution is -0.127. The average molecular weight is 927 g/mol. The van der Waals surface area contributed by atoms with Crippen LogP contribution in [-0.4, -0.2) is 104 Å². The third-order valence-corrected chi connectivity index (χ3v) is 9.95. The highest BCUT2D eigenvalue weighted by atomic mass is 32.2. The van der Waals surface area contributed by atoms with Crippen molar-refractivity contribution in [3.8, 4) is 11.5 Å². The van der Waals surface area contributed by atoms with Gasteiger partial charge in [0.1, 0.15) is 11.5 Å². The second-order valence-electron chi connectivity index (χ2n) is 12.8. The highest BCUT2D eigenvalue weighted by molar-refractivity contribution is 7.86. The quantitative estimate of drug-likeness (QED) is 0.0384. The van der Waals surface area contributed by atoms with E-state index in [0.717, 1.165) is 74.5 Å². The molecule has 4 aromatic rings. The van der Waals surface area contributed by atoms with E-state index in [1.807, 2.05) is 0 Å². The van der Waals surface area contributed by atoms with Crippen LogP contribution in [0.3, 0.4) is 0 Å². The predicted molar refractivity (Wildman–Crippen MR) is 220 cm³/mol. The molecular weight excluding hydrogens is 893 g/mol. The van der Waals surface area contributed by atoms with Gasteiger partial charge in [-0.3, -0.25) is 28.3 Å². The first-order valence-electron chi connectivity index (χ1n) is 17.5. The molecule has 0 aromatic heterocycles. The molecule has 4 aromatic carbocycles. The standard InChI is InChI=1S/C37H34N8O17S2/c1-17(46)31(33(48)40-27-15-21(63(55,56)57)7-11-29(27)61-3)44-42-25-9-5-19(13-23(25)35(50)51)38-37(54)39-20-6-10-26(24(14-20)36(52)53)43-45-32(18(2)47)34(49)41-28-16-22(64(58,59)60)8-12-30(28)62-4/h5-16,31-32H,1-4H3,(H,40,48)(H,41,49)(H,50,51)(H,52,53)(H2,38,39,54)(H,55,56,57)(H,58,59,60). The number of benzene rings is 4. The van der Waals surface area contributed by atoms with Crippen LogP contribution in [0, 0.1) is 0 Å². The van der Waals surface area contributed by atoms with Crippen LogP contribution in [0.4, 0.5) is 38.9 Å². The summed E-state index contributed by atoms with van der Waals surface area (Å²) in [5.41, 5.74) is -2.71. The van der Waals surface area contributed by atoms with Gasteiger partial charge < -0.3 is 41.0 Å². The number of carbonyl (C=O) groups excluding carboxylic acids is 5.